The fourth-order valence-electron chi connectivity index (χ4n) is 0.878. The van der Waals surface area contributed by atoms with E-state index in [2.05, 4.69) is 10.3 Å². The number of carbonyl (C=O) groups is 1. The number of nitrogens with one attached hydrogen (secondary N) is 2. The lowest BCUT2D eigenvalue weighted by Crippen LogP contribution is -1.99. The standard InChI is InChI=1S/C8H9N3O/c1-10-7-3-2-6(5-12)11-8(7)4-9/h2-5,9-10H,1H3. The summed E-state index contributed by atoms with van der Waals surface area (Å²) in [5.41, 5.74) is 1.56. The van der Waals surface area contributed by atoms with E-state index in [1.807, 2.05) is 0 Å². The third kappa shape index (κ3) is 1.47. The van der Waals surface area contributed by atoms with Crippen LogP contribution in [0.5, 0.6) is 0 Å². The molecule has 4 heteroatoms. The molecule has 0 unspecified atom stereocenters. The minimum absolute atomic E-state index is 0.340. The Balaban J connectivity index is 3.18. The van der Waals surface area contributed by atoms with E-state index in [9.17, 15) is 4.79 Å². The Labute approximate surface area is 70.1 Å². The van der Waals surface area contributed by atoms with Crippen molar-refractivity contribution >= 4 is 18.2 Å². The molecule has 0 radical (unpaired) electrons. The van der Waals surface area contributed by atoms with E-state index in [1.54, 1.807) is 19.2 Å². The lowest BCUT2D eigenvalue weighted by atomic mass is 10.2. The summed E-state index contributed by atoms with van der Waals surface area (Å²) in [6.07, 6.45) is 1.77. The molecule has 0 aliphatic rings. The first kappa shape index (κ1) is 8.39. The summed E-state index contributed by atoms with van der Waals surface area (Å²) in [4.78, 5) is 14.2. The van der Waals surface area contributed by atoms with Crippen molar-refractivity contribution in [2.45, 2.75) is 0 Å². The van der Waals surface area contributed by atoms with Crippen molar-refractivity contribution in [2.75, 3.05) is 12.4 Å². The SMILES string of the molecule is CNc1ccc(C=O)nc1C=N. The quantitative estimate of drug-likeness (QED) is 0.514. The maximum absolute atomic E-state index is 10.3. The van der Waals surface area contributed by atoms with Gasteiger partial charge in [-0.25, -0.2) is 4.98 Å². The monoisotopic (exact) mass is 163 g/mol. The van der Waals surface area contributed by atoms with Crippen LogP contribution in [0.4, 0.5) is 5.69 Å². The Hall–Kier alpha value is -1.71. The summed E-state index contributed by atoms with van der Waals surface area (Å²) < 4.78 is 0. The second-order valence-electron chi connectivity index (χ2n) is 2.18. The van der Waals surface area contributed by atoms with Crippen LogP contribution in [0.25, 0.3) is 0 Å². The van der Waals surface area contributed by atoms with E-state index >= 15 is 0 Å². The number of pyridine rings is 1. The Morgan fingerprint density at radius 2 is 2.33 bits per heavy atom. The van der Waals surface area contributed by atoms with Gasteiger partial charge in [0.1, 0.15) is 11.4 Å². The molecule has 0 aliphatic heterocycles. The number of aromatic nitrogens is 1. The number of rotatable bonds is 3. The molecule has 0 fully saturated rings. The van der Waals surface area contributed by atoms with Crippen molar-refractivity contribution in [3.8, 4) is 0 Å². The van der Waals surface area contributed by atoms with Gasteiger partial charge in [-0.2, -0.15) is 0 Å². The maximum atomic E-state index is 10.3. The summed E-state index contributed by atoms with van der Waals surface area (Å²) in [5, 5.41) is 9.88. The zero-order chi connectivity index (χ0) is 8.97. The molecule has 1 aromatic rings. The van der Waals surface area contributed by atoms with Gasteiger partial charge in [0, 0.05) is 13.3 Å². The van der Waals surface area contributed by atoms with Crippen LogP contribution in [0.1, 0.15) is 16.2 Å². The topological polar surface area (TPSA) is 65.8 Å². The Morgan fingerprint density at radius 3 is 2.83 bits per heavy atom. The predicted octanol–water partition coefficient (Wildman–Crippen LogP) is 0.933. The summed E-state index contributed by atoms with van der Waals surface area (Å²) in [7, 11) is 1.74. The van der Waals surface area contributed by atoms with Crippen molar-refractivity contribution in [3.63, 3.8) is 0 Å². The molecule has 0 atom stereocenters. The van der Waals surface area contributed by atoms with Crippen molar-refractivity contribution < 1.29 is 4.79 Å². The van der Waals surface area contributed by atoms with Crippen LogP contribution in [-0.4, -0.2) is 24.5 Å². The lowest BCUT2D eigenvalue weighted by Gasteiger charge is -2.02. The number of aldehydes is 1. The lowest BCUT2D eigenvalue weighted by molar-refractivity contribution is 0.111. The average Bonchev–Trinajstić information content (AvgIpc) is 2.16. The zero-order valence-corrected chi connectivity index (χ0v) is 6.66. The highest BCUT2D eigenvalue weighted by Gasteiger charge is 2.00. The molecule has 4 nitrogen and oxygen atoms in total. The van der Waals surface area contributed by atoms with Gasteiger partial charge in [-0.3, -0.25) is 4.79 Å². The maximum Gasteiger partial charge on any atom is 0.168 e. The van der Waals surface area contributed by atoms with Gasteiger partial charge in [0.2, 0.25) is 0 Å². The number of hydrogen-bond acceptors (Lipinski definition) is 4. The summed E-state index contributed by atoms with van der Waals surface area (Å²) >= 11 is 0. The molecule has 0 aliphatic carbocycles. The van der Waals surface area contributed by atoms with Crippen LogP contribution in [0.3, 0.4) is 0 Å². The highest BCUT2D eigenvalue weighted by molar-refractivity contribution is 5.85. The molecule has 0 bridgehead atoms. The first-order chi connectivity index (χ1) is 5.81. The molecule has 0 saturated carbocycles. The zero-order valence-electron chi connectivity index (χ0n) is 6.66. The molecule has 0 aromatic carbocycles. The second-order valence-corrected chi connectivity index (χ2v) is 2.18. The van der Waals surface area contributed by atoms with Gasteiger partial charge in [0.05, 0.1) is 5.69 Å². The number of carbonyl (C=O) groups excluding carboxylic acids is 1. The van der Waals surface area contributed by atoms with Crippen LogP contribution in [0.15, 0.2) is 12.1 Å². The highest BCUT2D eigenvalue weighted by atomic mass is 16.1. The Bertz CT molecular complexity index is 309. The van der Waals surface area contributed by atoms with Crippen LogP contribution in [0, 0.1) is 5.41 Å². The number of nitrogens with zero attached hydrogens (tertiary/aromatic N) is 1. The molecule has 0 spiro atoms. The first-order valence-electron chi connectivity index (χ1n) is 3.46. The fraction of sp³-hybridized carbons (Fsp3) is 0.125. The first-order valence-corrected chi connectivity index (χ1v) is 3.46. The van der Waals surface area contributed by atoms with Crippen molar-refractivity contribution in [2.24, 2.45) is 0 Å². The molecule has 1 heterocycles. The van der Waals surface area contributed by atoms with E-state index < -0.39 is 0 Å². The van der Waals surface area contributed by atoms with Crippen LogP contribution < -0.4 is 5.32 Å². The number of hydrogen-bond donors (Lipinski definition) is 2. The average molecular weight is 163 g/mol. The largest absolute Gasteiger partial charge is 0.386 e. The minimum Gasteiger partial charge on any atom is -0.386 e. The van der Waals surface area contributed by atoms with Gasteiger partial charge in [-0.1, -0.05) is 0 Å². The van der Waals surface area contributed by atoms with Crippen molar-refractivity contribution in [1.82, 2.24) is 4.98 Å². The van der Waals surface area contributed by atoms with E-state index in [0.717, 1.165) is 11.9 Å². The molecule has 0 amide bonds. The van der Waals surface area contributed by atoms with Gasteiger partial charge in [-0.15, -0.1) is 0 Å². The smallest absolute Gasteiger partial charge is 0.168 e. The van der Waals surface area contributed by atoms with Crippen LogP contribution in [0.2, 0.25) is 0 Å². The summed E-state index contributed by atoms with van der Waals surface area (Å²) in [5.74, 6) is 0. The molecule has 62 valence electrons. The van der Waals surface area contributed by atoms with Crippen molar-refractivity contribution in [1.29, 1.82) is 5.41 Å². The molecule has 1 aromatic heterocycles. The molecular formula is C8H9N3O. The van der Waals surface area contributed by atoms with Gasteiger partial charge in [0.25, 0.3) is 0 Å². The molecule has 0 saturated heterocycles. The minimum atomic E-state index is 0.340. The van der Waals surface area contributed by atoms with E-state index in [-0.39, 0.29) is 0 Å². The van der Waals surface area contributed by atoms with Gasteiger partial charge >= 0.3 is 0 Å². The van der Waals surface area contributed by atoms with Gasteiger partial charge in [-0.05, 0) is 12.1 Å². The van der Waals surface area contributed by atoms with E-state index in [4.69, 9.17) is 5.41 Å². The Morgan fingerprint density at radius 1 is 1.58 bits per heavy atom. The highest BCUT2D eigenvalue weighted by Crippen LogP contribution is 2.09. The molecule has 12 heavy (non-hydrogen) atoms. The van der Waals surface area contributed by atoms with Crippen LogP contribution >= 0.6 is 0 Å². The predicted molar refractivity (Wildman–Crippen MR) is 47.1 cm³/mol. The Kier molecular flexibility index (Phi) is 2.53. The summed E-state index contributed by atoms with van der Waals surface area (Å²) in [6, 6.07) is 3.32. The van der Waals surface area contributed by atoms with Crippen molar-refractivity contribution in [3.05, 3.63) is 23.5 Å². The van der Waals surface area contributed by atoms with E-state index in [0.29, 0.717) is 17.7 Å². The number of anilines is 1. The van der Waals surface area contributed by atoms with Gasteiger partial charge < -0.3 is 10.7 Å². The van der Waals surface area contributed by atoms with Gasteiger partial charge in [0.15, 0.2) is 6.29 Å². The fourth-order valence-corrected chi connectivity index (χ4v) is 0.878. The molecule has 2 N–H and O–H groups in total. The third-order valence-corrected chi connectivity index (χ3v) is 1.47. The molecule has 1 rings (SSSR count). The second kappa shape index (κ2) is 3.61. The normalized spacial score (nSPS) is 9.08. The third-order valence-electron chi connectivity index (χ3n) is 1.47. The molecular weight excluding hydrogens is 154 g/mol. The van der Waals surface area contributed by atoms with Crippen LogP contribution in [-0.2, 0) is 0 Å². The van der Waals surface area contributed by atoms with E-state index in [1.165, 1.54) is 0 Å². The summed E-state index contributed by atoms with van der Waals surface area (Å²) in [6.45, 7) is 0.